The molecular formula is C26H26N4O2. The van der Waals surface area contributed by atoms with Gasteiger partial charge in [0.05, 0.1) is 13.7 Å². The normalized spacial score (nSPS) is 11.7. The predicted molar refractivity (Wildman–Crippen MR) is 125 cm³/mol. The Hall–Kier alpha value is -3.90. The maximum Gasteiger partial charge on any atom is 0.246 e. The molecule has 0 fully saturated rings. The number of rotatable bonds is 9. The van der Waals surface area contributed by atoms with E-state index in [0.717, 1.165) is 16.7 Å². The molecule has 0 aliphatic rings. The quantitative estimate of drug-likeness (QED) is 0.416. The molecule has 0 aliphatic heterocycles. The van der Waals surface area contributed by atoms with Crippen LogP contribution < -0.4 is 15.4 Å². The number of carbonyl (C=O) groups is 1. The van der Waals surface area contributed by atoms with E-state index in [0.29, 0.717) is 24.5 Å². The zero-order valence-electron chi connectivity index (χ0n) is 17.9. The van der Waals surface area contributed by atoms with Crippen molar-refractivity contribution in [3.63, 3.8) is 0 Å². The minimum absolute atomic E-state index is 0.128. The summed E-state index contributed by atoms with van der Waals surface area (Å²) in [6.07, 6.45) is 3.72. The van der Waals surface area contributed by atoms with Crippen molar-refractivity contribution in [1.82, 2.24) is 15.1 Å². The molecule has 0 saturated heterocycles. The monoisotopic (exact) mass is 426 g/mol. The van der Waals surface area contributed by atoms with E-state index in [2.05, 4.69) is 33.9 Å². The minimum Gasteiger partial charge on any atom is -0.497 e. The van der Waals surface area contributed by atoms with Crippen LogP contribution in [0.4, 0.5) is 5.69 Å². The third-order valence-corrected chi connectivity index (χ3v) is 5.14. The second kappa shape index (κ2) is 10.4. The number of nitrogens with one attached hydrogen (secondary N) is 2. The number of anilines is 1. The Morgan fingerprint density at radius 2 is 1.78 bits per heavy atom. The minimum atomic E-state index is -0.503. The summed E-state index contributed by atoms with van der Waals surface area (Å²) in [6, 6.07) is 26.8. The van der Waals surface area contributed by atoms with Crippen molar-refractivity contribution < 1.29 is 9.53 Å². The summed E-state index contributed by atoms with van der Waals surface area (Å²) in [5.41, 5.74) is 3.86. The Bertz CT molecular complexity index is 1140. The molecule has 1 aromatic heterocycles. The average molecular weight is 427 g/mol. The SMILES string of the molecule is COc1cccc(NC(=O)C(NCc2cccc(Cn3cccn3)c2)c2ccccc2)c1. The molecule has 1 atom stereocenters. The Morgan fingerprint density at radius 1 is 0.969 bits per heavy atom. The number of hydrogen-bond acceptors (Lipinski definition) is 4. The molecule has 1 amide bonds. The van der Waals surface area contributed by atoms with Crippen molar-refractivity contribution in [1.29, 1.82) is 0 Å². The van der Waals surface area contributed by atoms with Crippen molar-refractivity contribution in [2.75, 3.05) is 12.4 Å². The zero-order valence-corrected chi connectivity index (χ0v) is 17.9. The molecule has 162 valence electrons. The van der Waals surface area contributed by atoms with Crippen LogP contribution in [0.2, 0.25) is 0 Å². The Labute approximate surface area is 187 Å². The zero-order chi connectivity index (χ0) is 22.2. The van der Waals surface area contributed by atoms with E-state index in [1.807, 2.05) is 71.5 Å². The highest BCUT2D eigenvalue weighted by atomic mass is 16.5. The molecule has 32 heavy (non-hydrogen) atoms. The molecule has 0 radical (unpaired) electrons. The summed E-state index contributed by atoms with van der Waals surface area (Å²) in [4.78, 5) is 13.2. The van der Waals surface area contributed by atoms with Gasteiger partial charge in [0.1, 0.15) is 11.8 Å². The summed E-state index contributed by atoms with van der Waals surface area (Å²) in [5, 5.41) is 10.7. The predicted octanol–water partition coefficient (Wildman–Crippen LogP) is 4.41. The highest BCUT2D eigenvalue weighted by Crippen LogP contribution is 2.20. The van der Waals surface area contributed by atoms with Gasteiger partial charge in [-0.3, -0.25) is 14.8 Å². The molecule has 3 aromatic carbocycles. The van der Waals surface area contributed by atoms with Crippen molar-refractivity contribution in [3.8, 4) is 5.75 Å². The molecule has 6 nitrogen and oxygen atoms in total. The number of amides is 1. The fourth-order valence-corrected chi connectivity index (χ4v) is 3.56. The Kier molecular flexibility index (Phi) is 6.94. The molecule has 4 rings (SSSR count). The van der Waals surface area contributed by atoms with Gasteiger partial charge in [-0.1, -0.05) is 60.7 Å². The first-order valence-corrected chi connectivity index (χ1v) is 10.5. The largest absolute Gasteiger partial charge is 0.497 e. The van der Waals surface area contributed by atoms with Gasteiger partial charge in [-0.2, -0.15) is 5.10 Å². The third-order valence-electron chi connectivity index (χ3n) is 5.14. The van der Waals surface area contributed by atoms with Crippen LogP contribution in [0.15, 0.2) is 97.3 Å². The Morgan fingerprint density at radius 3 is 2.56 bits per heavy atom. The highest BCUT2D eigenvalue weighted by molar-refractivity contribution is 5.95. The number of nitrogens with zero attached hydrogens (tertiary/aromatic N) is 2. The first kappa shape index (κ1) is 21.3. The number of hydrogen-bond donors (Lipinski definition) is 2. The van der Waals surface area contributed by atoms with Crippen LogP contribution in [0.3, 0.4) is 0 Å². The van der Waals surface area contributed by atoms with Crippen molar-refractivity contribution in [2.45, 2.75) is 19.1 Å². The van der Waals surface area contributed by atoms with Crippen molar-refractivity contribution in [3.05, 3.63) is 114 Å². The molecule has 0 aliphatic carbocycles. The lowest BCUT2D eigenvalue weighted by molar-refractivity contribution is -0.118. The van der Waals surface area contributed by atoms with E-state index < -0.39 is 6.04 Å². The fourth-order valence-electron chi connectivity index (χ4n) is 3.56. The van der Waals surface area contributed by atoms with Gasteiger partial charge in [-0.25, -0.2) is 0 Å². The molecule has 1 unspecified atom stereocenters. The number of ether oxygens (including phenoxy) is 1. The van der Waals surface area contributed by atoms with Gasteiger partial charge in [0, 0.05) is 30.7 Å². The van der Waals surface area contributed by atoms with Crippen LogP contribution in [-0.2, 0) is 17.9 Å². The van der Waals surface area contributed by atoms with Crippen LogP contribution in [0.5, 0.6) is 5.75 Å². The van der Waals surface area contributed by atoms with Crippen LogP contribution in [0.1, 0.15) is 22.7 Å². The van der Waals surface area contributed by atoms with Crippen molar-refractivity contribution >= 4 is 11.6 Å². The smallest absolute Gasteiger partial charge is 0.246 e. The van der Waals surface area contributed by atoms with Crippen LogP contribution in [0.25, 0.3) is 0 Å². The number of methoxy groups -OCH3 is 1. The van der Waals surface area contributed by atoms with E-state index in [1.165, 1.54) is 0 Å². The summed E-state index contributed by atoms with van der Waals surface area (Å²) < 4.78 is 7.15. The molecular weight excluding hydrogens is 400 g/mol. The summed E-state index contributed by atoms with van der Waals surface area (Å²) in [5.74, 6) is 0.568. The molecule has 2 N–H and O–H groups in total. The van der Waals surface area contributed by atoms with E-state index >= 15 is 0 Å². The molecule has 0 spiro atoms. The topological polar surface area (TPSA) is 68.2 Å². The van der Waals surface area contributed by atoms with Gasteiger partial charge < -0.3 is 10.1 Å². The van der Waals surface area contributed by atoms with Gasteiger partial charge in [-0.15, -0.1) is 0 Å². The molecule has 6 heteroatoms. The maximum atomic E-state index is 13.2. The van der Waals surface area contributed by atoms with Gasteiger partial charge in [0.2, 0.25) is 5.91 Å². The maximum absolute atomic E-state index is 13.2. The first-order valence-electron chi connectivity index (χ1n) is 10.5. The summed E-state index contributed by atoms with van der Waals surface area (Å²) in [7, 11) is 1.61. The van der Waals surface area contributed by atoms with Crippen LogP contribution in [-0.4, -0.2) is 22.8 Å². The molecule has 1 heterocycles. The second-order valence-electron chi connectivity index (χ2n) is 7.47. The van der Waals surface area contributed by atoms with Gasteiger partial charge in [0.25, 0.3) is 0 Å². The lowest BCUT2D eigenvalue weighted by atomic mass is 10.0. The van der Waals surface area contributed by atoms with Gasteiger partial charge in [0.15, 0.2) is 0 Å². The summed E-state index contributed by atoms with van der Waals surface area (Å²) in [6.45, 7) is 1.26. The second-order valence-corrected chi connectivity index (χ2v) is 7.47. The van der Waals surface area contributed by atoms with Gasteiger partial charge >= 0.3 is 0 Å². The molecule has 4 aromatic rings. The lowest BCUT2D eigenvalue weighted by Gasteiger charge is -2.19. The third kappa shape index (κ3) is 5.62. The molecule has 0 bridgehead atoms. The van der Waals surface area contributed by atoms with Gasteiger partial charge in [-0.05, 0) is 34.9 Å². The van der Waals surface area contributed by atoms with Crippen LogP contribution in [0, 0.1) is 0 Å². The summed E-state index contributed by atoms with van der Waals surface area (Å²) >= 11 is 0. The van der Waals surface area contributed by atoms with E-state index in [1.54, 1.807) is 19.4 Å². The van der Waals surface area contributed by atoms with E-state index in [-0.39, 0.29) is 5.91 Å². The lowest BCUT2D eigenvalue weighted by Crippen LogP contribution is -2.32. The first-order chi connectivity index (χ1) is 15.7. The number of carbonyl (C=O) groups excluding carboxylic acids is 1. The van der Waals surface area contributed by atoms with E-state index in [4.69, 9.17) is 4.74 Å². The number of aromatic nitrogens is 2. The Balaban J connectivity index is 1.48. The average Bonchev–Trinajstić information content (AvgIpc) is 3.33. The standard InChI is InChI=1S/C26H26N4O2/c1-32-24-13-6-12-23(17-24)29-26(31)25(22-10-3-2-4-11-22)27-18-20-8-5-9-21(16-20)19-30-15-7-14-28-30/h2-17,25,27H,18-19H2,1H3,(H,29,31). The molecule has 0 saturated carbocycles. The fraction of sp³-hybridized carbons (Fsp3) is 0.154. The van der Waals surface area contributed by atoms with Crippen LogP contribution >= 0.6 is 0 Å². The van der Waals surface area contributed by atoms with Crippen molar-refractivity contribution in [2.24, 2.45) is 0 Å². The highest BCUT2D eigenvalue weighted by Gasteiger charge is 2.20. The van der Waals surface area contributed by atoms with E-state index in [9.17, 15) is 4.79 Å². The number of benzene rings is 3.